The Morgan fingerprint density at radius 3 is 2.39 bits per heavy atom. The minimum Gasteiger partial charge on any atom is -0.378 e. The molecule has 0 spiro atoms. The summed E-state index contributed by atoms with van der Waals surface area (Å²) >= 11 is 12.4. The standard InChI is InChI=1S/C27H21Cl2F3N4O2/c28-18-9-10-22(36-11-13-38-14-12-36)21(15-18)33-26(37)17-7-5-16(6-8-17)24-23(19-3-1-2-4-20(19)29)25(35-34-24)27(30,31)32/h1-10,15H,11-14H2,(H,33,37)(H,34,35). The number of nitrogens with one attached hydrogen (secondary N) is 2. The van der Waals surface area contributed by atoms with Gasteiger partial charge in [-0.15, -0.1) is 0 Å². The topological polar surface area (TPSA) is 70.2 Å². The van der Waals surface area contributed by atoms with Crippen molar-refractivity contribution in [2.45, 2.75) is 6.18 Å². The first-order valence-corrected chi connectivity index (χ1v) is 12.4. The minimum atomic E-state index is -4.70. The van der Waals surface area contributed by atoms with Crippen LogP contribution in [0.5, 0.6) is 0 Å². The van der Waals surface area contributed by atoms with Gasteiger partial charge in [-0.05, 0) is 36.4 Å². The lowest BCUT2D eigenvalue weighted by atomic mass is 9.98. The molecule has 11 heteroatoms. The van der Waals surface area contributed by atoms with Crippen LogP contribution in [0.25, 0.3) is 22.4 Å². The average molecular weight is 561 g/mol. The summed E-state index contributed by atoms with van der Waals surface area (Å²) in [7, 11) is 0. The van der Waals surface area contributed by atoms with Crippen LogP contribution in [0.3, 0.4) is 0 Å². The molecule has 1 aliphatic heterocycles. The van der Waals surface area contributed by atoms with Gasteiger partial charge in [0, 0.05) is 45.4 Å². The number of hydrogen-bond donors (Lipinski definition) is 2. The molecule has 1 fully saturated rings. The number of benzene rings is 3. The van der Waals surface area contributed by atoms with Crippen LogP contribution < -0.4 is 10.2 Å². The van der Waals surface area contributed by atoms with E-state index in [0.29, 0.717) is 48.1 Å². The molecule has 4 aromatic rings. The molecule has 3 aromatic carbocycles. The Hall–Kier alpha value is -3.53. The van der Waals surface area contributed by atoms with Crippen molar-refractivity contribution in [3.63, 3.8) is 0 Å². The van der Waals surface area contributed by atoms with Crippen LogP contribution in [0.4, 0.5) is 24.5 Å². The number of morpholine rings is 1. The fourth-order valence-electron chi connectivity index (χ4n) is 4.35. The number of amides is 1. The molecule has 0 saturated carbocycles. The third-order valence-electron chi connectivity index (χ3n) is 6.17. The number of alkyl halides is 3. The molecular weight excluding hydrogens is 540 g/mol. The summed E-state index contributed by atoms with van der Waals surface area (Å²) in [6.07, 6.45) is -4.70. The second-order valence-electron chi connectivity index (χ2n) is 8.59. The SMILES string of the molecule is O=C(Nc1cc(Cl)ccc1N1CCOCC1)c1ccc(-c2[nH]nc(C(F)(F)F)c2-c2ccccc2Cl)cc1. The van der Waals surface area contributed by atoms with Crippen LogP contribution in [-0.2, 0) is 10.9 Å². The van der Waals surface area contributed by atoms with E-state index in [1.165, 1.54) is 24.3 Å². The molecule has 2 N–H and O–H groups in total. The fraction of sp³-hybridized carbons (Fsp3) is 0.185. The first-order valence-electron chi connectivity index (χ1n) is 11.7. The van der Waals surface area contributed by atoms with Crippen molar-refractivity contribution < 1.29 is 22.7 Å². The van der Waals surface area contributed by atoms with Gasteiger partial charge in [-0.25, -0.2) is 0 Å². The van der Waals surface area contributed by atoms with Gasteiger partial charge < -0.3 is 15.0 Å². The fourth-order valence-corrected chi connectivity index (χ4v) is 4.76. The molecule has 1 aliphatic rings. The number of aromatic nitrogens is 2. The van der Waals surface area contributed by atoms with Gasteiger partial charge in [0.25, 0.3) is 5.91 Å². The maximum absolute atomic E-state index is 13.8. The molecule has 0 aliphatic carbocycles. The van der Waals surface area contributed by atoms with E-state index >= 15 is 0 Å². The number of carbonyl (C=O) groups excluding carboxylic acids is 1. The number of aromatic amines is 1. The molecule has 1 amide bonds. The normalized spacial score (nSPS) is 14.0. The van der Waals surface area contributed by atoms with E-state index in [2.05, 4.69) is 20.4 Å². The van der Waals surface area contributed by atoms with E-state index in [1.807, 2.05) is 6.07 Å². The lowest BCUT2D eigenvalue weighted by molar-refractivity contribution is -0.140. The number of hydrogen-bond acceptors (Lipinski definition) is 4. The van der Waals surface area contributed by atoms with Crippen LogP contribution >= 0.6 is 23.2 Å². The summed E-state index contributed by atoms with van der Waals surface area (Å²) in [5.74, 6) is -0.389. The predicted molar refractivity (Wildman–Crippen MR) is 142 cm³/mol. The Bertz CT molecular complexity index is 1470. The van der Waals surface area contributed by atoms with E-state index in [-0.39, 0.29) is 27.8 Å². The smallest absolute Gasteiger partial charge is 0.378 e. The number of ether oxygens (including phenoxy) is 1. The quantitative estimate of drug-likeness (QED) is 0.271. The van der Waals surface area contributed by atoms with Gasteiger partial charge in [0.2, 0.25) is 0 Å². The summed E-state index contributed by atoms with van der Waals surface area (Å²) in [5, 5.41) is 9.58. The zero-order valence-electron chi connectivity index (χ0n) is 19.8. The molecule has 196 valence electrons. The number of nitrogens with zero attached hydrogens (tertiary/aromatic N) is 2. The summed E-state index contributed by atoms with van der Waals surface area (Å²) in [4.78, 5) is 15.2. The maximum Gasteiger partial charge on any atom is 0.435 e. The molecular formula is C27H21Cl2F3N4O2. The predicted octanol–water partition coefficient (Wildman–Crippen LogP) is 7.16. The molecule has 6 nitrogen and oxygen atoms in total. The molecule has 38 heavy (non-hydrogen) atoms. The van der Waals surface area contributed by atoms with E-state index < -0.39 is 11.9 Å². The van der Waals surface area contributed by atoms with Crippen LogP contribution in [0, 0.1) is 0 Å². The van der Waals surface area contributed by atoms with Crippen molar-refractivity contribution in [2.24, 2.45) is 0 Å². The average Bonchev–Trinajstić information content (AvgIpc) is 3.35. The van der Waals surface area contributed by atoms with E-state index in [9.17, 15) is 18.0 Å². The van der Waals surface area contributed by atoms with Crippen LogP contribution in [-0.4, -0.2) is 42.4 Å². The van der Waals surface area contributed by atoms with Gasteiger partial charge in [0.1, 0.15) is 0 Å². The Morgan fingerprint density at radius 2 is 1.71 bits per heavy atom. The molecule has 0 atom stereocenters. The zero-order chi connectivity index (χ0) is 26.9. The number of carbonyl (C=O) groups is 1. The first-order chi connectivity index (χ1) is 18.2. The third kappa shape index (κ3) is 5.36. The van der Waals surface area contributed by atoms with Crippen LogP contribution in [0.15, 0.2) is 66.7 Å². The third-order valence-corrected chi connectivity index (χ3v) is 6.74. The van der Waals surface area contributed by atoms with Gasteiger partial charge in [0.05, 0.1) is 30.3 Å². The number of rotatable bonds is 5. The molecule has 5 rings (SSSR count). The van der Waals surface area contributed by atoms with E-state index in [1.54, 1.807) is 36.4 Å². The molecule has 0 unspecified atom stereocenters. The second-order valence-corrected chi connectivity index (χ2v) is 9.44. The van der Waals surface area contributed by atoms with E-state index in [4.69, 9.17) is 27.9 Å². The number of halogens is 5. The van der Waals surface area contributed by atoms with Gasteiger partial charge in [0.15, 0.2) is 5.69 Å². The highest BCUT2D eigenvalue weighted by molar-refractivity contribution is 6.33. The number of anilines is 2. The molecule has 1 aromatic heterocycles. The van der Waals surface area contributed by atoms with Crippen molar-refractivity contribution in [1.29, 1.82) is 0 Å². The highest BCUT2D eigenvalue weighted by Gasteiger charge is 2.39. The summed E-state index contributed by atoms with van der Waals surface area (Å²) in [6.45, 7) is 2.52. The van der Waals surface area contributed by atoms with Crippen molar-refractivity contribution in [2.75, 3.05) is 36.5 Å². The van der Waals surface area contributed by atoms with Crippen molar-refractivity contribution in [1.82, 2.24) is 10.2 Å². The summed E-state index contributed by atoms with van der Waals surface area (Å²) in [5.41, 5.74) is 1.22. The van der Waals surface area contributed by atoms with Crippen molar-refractivity contribution >= 4 is 40.5 Å². The van der Waals surface area contributed by atoms with Crippen molar-refractivity contribution in [3.05, 3.63) is 88.0 Å². The van der Waals surface area contributed by atoms with Gasteiger partial charge in [-0.2, -0.15) is 18.3 Å². The Balaban J connectivity index is 1.44. The molecule has 0 radical (unpaired) electrons. The first kappa shape index (κ1) is 26.1. The Morgan fingerprint density at radius 1 is 1.00 bits per heavy atom. The van der Waals surface area contributed by atoms with Crippen LogP contribution in [0.1, 0.15) is 16.1 Å². The largest absolute Gasteiger partial charge is 0.435 e. The highest BCUT2D eigenvalue weighted by Crippen LogP contribution is 2.43. The zero-order valence-corrected chi connectivity index (χ0v) is 21.3. The molecule has 2 heterocycles. The second kappa shape index (κ2) is 10.7. The maximum atomic E-state index is 13.8. The molecule has 1 saturated heterocycles. The lowest BCUT2D eigenvalue weighted by Crippen LogP contribution is -2.36. The van der Waals surface area contributed by atoms with E-state index in [0.717, 1.165) is 5.69 Å². The van der Waals surface area contributed by atoms with Gasteiger partial charge in [-0.1, -0.05) is 53.5 Å². The Kier molecular flexibility index (Phi) is 7.34. The monoisotopic (exact) mass is 560 g/mol. The highest BCUT2D eigenvalue weighted by atomic mass is 35.5. The van der Waals surface area contributed by atoms with Crippen molar-refractivity contribution in [3.8, 4) is 22.4 Å². The molecule has 0 bridgehead atoms. The minimum absolute atomic E-state index is 0.141. The van der Waals surface area contributed by atoms with Gasteiger partial charge >= 0.3 is 6.18 Å². The summed E-state index contributed by atoms with van der Waals surface area (Å²) in [6, 6.07) is 17.7. The van der Waals surface area contributed by atoms with Crippen LogP contribution in [0.2, 0.25) is 10.0 Å². The lowest BCUT2D eigenvalue weighted by Gasteiger charge is -2.30. The summed E-state index contributed by atoms with van der Waals surface area (Å²) < 4.78 is 46.7. The Labute approximate surface area is 226 Å². The number of H-pyrrole nitrogens is 1. The van der Waals surface area contributed by atoms with Gasteiger partial charge in [-0.3, -0.25) is 9.89 Å².